The molecule has 1 aromatic rings. The van der Waals surface area contributed by atoms with Crippen molar-refractivity contribution in [3.8, 4) is 0 Å². The second kappa shape index (κ2) is 23.6. The van der Waals surface area contributed by atoms with E-state index in [9.17, 15) is 29.4 Å². The Balaban J connectivity index is 2.55. The van der Waals surface area contributed by atoms with Gasteiger partial charge in [0.15, 0.2) is 0 Å². The Morgan fingerprint density at radius 1 is 0.452 bits per heavy atom. The van der Waals surface area contributed by atoms with Crippen LogP contribution >= 0.6 is 0 Å². The minimum atomic E-state index is -1.73. The van der Waals surface area contributed by atoms with Crippen LogP contribution < -0.4 is 10.2 Å². The van der Waals surface area contributed by atoms with Gasteiger partial charge in [-0.25, -0.2) is 9.59 Å². The van der Waals surface area contributed by atoms with E-state index in [0.29, 0.717) is 12.8 Å². The number of carbonyl (C=O) groups is 4. The highest BCUT2D eigenvalue weighted by Crippen LogP contribution is 2.20. The smallest absolute Gasteiger partial charge is 0.338 e. The molecule has 1 aromatic carbocycles. The summed E-state index contributed by atoms with van der Waals surface area (Å²) in [6.07, 6.45) is 22.1. The molecule has 8 nitrogen and oxygen atoms in total. The van der Waals surface area contributed by atoms with Crippen molar-refractivity contribution in [1.82, 2.24) is 0 Å². The molecule has 8 heteroatoms. The first-order valence-electron chi connectivity index (χ1n) is 16.3. The van der Waals surface area contributed by atoms with Gasteiger partial charge in [0, 0.05) is 11.1 Å². The van der Waals surface area contributed by atoms with Gasteiger partial charge in [0.25, 0.3) is 0 Å². The summed E-state index contributed by atoms with van der Waals surface area (Å²) in [7, 11) is 0. The lowest BCUT2D eigenvalue weighted by atomic mass is 9.98. The van der Waals surface area contributed by atoms with Gasteiger partial charge in [-0.05, 0) is 25.0 Å². The lowest BCUT2D eigenvalue weighted by molar-refractivity contribution is -0.256. The molecule has 0 bridgehead atoms. The molecule has 0 aliphatic rings. The minimum Gasteiger partial charge on any atom is -0.545 e. The molecule has 0 aromatic heterocycles. The van der Waals surface area contributed by atoms with E-state index < -0.39 is 46.1 Å². The molecule has 0 unspecified atom stereocenters. The molecule has 0 amide bonds. The zero-order valence-electron chi connectivity index (χ0n) is 26.0. The van der Waals surface area contributed by atoms with Crippen LogP contribution in [-0.4, -0.2) is 37.1 Å². The molecule has 0 saturated heterocycles. The highest BCUT2D eigenvalue weighted by molar-refractivity contribution is 6.09. The molecule has 0 atom stereocenters. The Hall–Kier alpha value is -2.90. The number of carboxylic acids is 2. The second-order valence-electron chi connectivity index (χ2n) is 11.2. The van der Waals surface area contributed by atoms with Crippen molar-refractivity contribution < 1.29 is 38.9 Å². The van der Waals surface area contributed by atoms with Crippen LogP contribution in [0.15, 0.2) is 12.1 Å². The predicted molar refractivity (Wildman–Crippen MR) is 159 cm³/mol. The molecule has 0 fully saturated rings. The number of hydrogen-bond acceptors (Lipinski definition) is 8. The summed E-state index contributed by atoms with van der Waals surface area (Å²) in [5.74, 6) is -5.43. The molecule has 0 aliphatic heterocycles. The molecule has 1 rings (SSSR count). The van der Waals surface area contributed by atoms with E-state index in [1.807, 2.05) is 0 Å². The Morgan fingerprint density at radius 3 is 0.976 bits per heavy atom. The number of aromatic carboxylic acids is 2. The Bertz CT molecular complexity index is 864. The van der Waals surface area contributed by atoms with Gasteiger partial charge < -0.3 is 29.3 Å². The van der Waals surface area contributed by atoms with Crippen molar-refractivity contribution in [2.45, 2.75) is 142 Å². The van der Waals surface area contributed by atoms with Crippen molar-refractivity contribution in [1.29, 1.82) is 0 Å². The van der Waals surface area contributed by atoms with Crippen LogP contribution in [-0.2, 0) is 9.47 Å². The normalized spacial score (nSPS) is 10.9. The Labute approximate surface area is 252 Å². The molecule has 238 valence electrons. The molecule has 0 heterocycles. The van der Waals surface area contributed by atoms with Crippen molar-refractivity contribution in [3.63, 3.8) is 0 Å². The summed E-state index contributed by atoms with van der Waals surface area (Å²) < 4.78 is 10.4. The zero-order chi connectivity index (χ0) is 31.0. The number of rotatable bonds is 26. The van der Waals surface area contributed by atoms with Crippen LogP contribution in [0.5, 0.6) is 0 Å². The number of hydrogen-bond donors (Lipinski definition) is 0. The van der Waals surface area contributed by atoms with Gasteiger partial charge in [-0.3, -0.25) is 0 Å². The molecule has 0 aliphatic carbocycles. The lowest BCUT2D eigenvalue weighted by Gasteiger charge is -2.16. The van der Waals surface area contributed by atoms with Crippen molar-refractivity contribution in [3.05, 3.63) is 34.4 Å². The monoisotopic (exact) mass is 588 g/mol. The van der Waals surface area contributed by atoms with Crippen LogP contribution in [0.25, 0.3) is 0 Å². The molecule has 0 radical (unpaired) electrons. The highest BCUT2D eigenvalue weighted by atomic mass is 16.5. The standard InChI is InChI=1S/C34H54O8/c1-3-5-7-9-11-13-15-17-19-21-23-41-33(39)29-25-28(32(37)38)30(26-27(29)31(35)36)34(40)42-24-22-20-18-16-14-12-10-8-6-4-2/h25-26H,3-24H2,1-2H3,(H,35,36)(H,37,38)/p-2. The summed E-state index contributed by atoms with van der Waals surface area (Å²) >= 11 is 0. The fourth-order valence-electron chi connectivity index (χ4n) is 4.94. The molecular formula is C34H52O8-2. The third kappa shape index (κ3) is 15.9. The second-order valence-corrected chi connectivity index (χ2v) is 11.2. The third-order valence-electron chi connectivity index (χ3n) is 7.50. The average molecular weight is 589 g/mol. The SMILES string of the molecule is CCCCCCCCCCCCOC(=O)c1cc(C(=O)[O-])c(C(=O)OCCCCCCCCCCCC)cc1C(=O)[O-]. The summed E-state index contributed by atoms with van der Waals surface area (Å²) in [6, 6.07) is 1.61. The van der Waals surface area contributed by atoms with Gasteiger partial charge in [-0.2, -0.15) is 0 Å². The van der Waals surface area contributed by atoms with Gasteiger partial charge >= 0.3 is 11.9 Å². The maximum Gasteiger partial charge on any atom is 0.338 e. The Morgan fingerprint density at radius 2 is 0.714 bits per heavy atom. The number of benzene rings is 1. The summed E-state index contributed by atoms with van der Waals surface area (Å²) in [4.78, 5) is 48.8. The third-order valence-corrected chi connectivity index (χ3v) is 7.50. The first-order chi connectivity index (χ1) is 20.3. The van der Waals surface area contributed by atoms with Gasteiger partial charge in [-0.1, -0.05) is 129 Å². The number of carbonyl (C=O) groups excluding carboxylic acids is 4. The van der Waals surface area contributed by atoms with Crippen LogP contribution in [0, 0.1) is 0 Å². The molecule has 42 heavy (non-hydrogen) atoms. The van der Waals surface area contributed by atoms with Crippen LogP contribution in [0.1, 0.15) is 184 Å². The molecular weight excluding hydrogens is 536 g/mol. The zero-order valence-corrected chi connectivity index (χ0v) is 26.0. The molecule has 0 spiro atoms. The van der Waals surface area contributed by atoms with E-state index in [1.54, 1.807) is 0 Å². The van der Waals surface area contributed by atoms with Crippen LogP contribution in [0.2, 0.25) is 0 Å². The first-order valence-corrected chi connectivity index (χ1v) is 16.3. The van der Waals surface area contributed by atoms with E-state index in [2.05, 4.69) is 13.8 Å². The van der Waals surface area contributed by atoms with E-state index in [4.69, 9.17) is 9.47 Å². The Kier molecular flexibility index (Phi) is 20.9. The van der Waals surface area contributed by atoms with Gasteiger partial charge in [0.1, 0.15) is 0 Å². The number of ether oxygens (including phenoxy) is 2. The van der Waals surface area contributed by atoms with E-state index in [-0.39, 0.29) is 13.2 Å². The van der Waals surface area contributed by atoms with Gasteiger partial charge in [0.05, 0.1) is 36.3 Å². The fraction of sp³-hybridized carbons (Fsp3) is 0.706. The van der Waals surface area contributed by atoms with E-state index in [0.717, 1.165) is 50.7 Å². The van der Waals surface area contributed by atoms with E-state index >= 15 is 0 Å². The highest BCUT2D eigenvalue weighted by Gasteiger charge is 2.22. The maximum absolute atomic E-state index is 12.6. The quantitative estimate of drug-likeness (QED) is 0.0876. The average Bonchev–Trinajstić information content (AvgIpc) is 2.97. The van der Waals surface area contributed by atoms with Crippen molar-refractivity contribution in [2.24, 2.45) is 0 Å². The number of esters is 2. The fourth-order valence-corrected chi connectivity index (χ4v) is 4.94. The van der Waals surface area contributed by atoms with Gasteiger partial charge in [-0.15, -0.1) is 0 Å². The van der Waals surface area contributed by atoms with Crippen LogP contribution in [0.3, 0.4) is 0 Å². The van der Waals surface area contributed by atoms with Crippen molar-refractivity contribution >= 4 is 23.9 Å². The summed E-state index contributed by atoms with van der Waals surface area (Å²) in [5.41, 5.74) is -2.24. The molecule has 0 saturated carbocycles. The number of carboxylic acid groups (broad SMARTS) is 2. The molecule has 0 N–H and O–H groups in total. The van der Waals surface area contributed by atoms with Crippen molar-refractivity contribution in [2.75, 3.05) is 13.2 Å². The predicted octanol–water partition coefficient (Wildman–Crippen LogP) is 6.57. The first kappa shape index (κ1) is 37.1. The topological polar surface area (TPSA) is 133 Å². The minimum absolute atomic E-state index is 0.0745. The van der Waals surface area contributed by atoms with Gasteiger partial charge in [0.2, 0.25) is 0 Å². The largest absolute Gasteiger partial charge is 0.545 e. The van der Waals surface area contributed by atoms with E-state index in [1.165, 1.54) is 77.0 Å². The number of unbranched alkanes of at least 4 members (excludes halogenated alkanes) is 18. The lowest BCUT2D eigenvalue weighted by Crippen LogP contribution is -2.30. The maximum atomic E-state index is 12.6. The van der Waals surface area contributed by atoms with Crippen LogP contribution in [0.4, 0.5) is 0 Å². The summed E-state index contributed by atoms with van der Waals surface area (Å²) in [6.45, 7) is 4.54. The summed E-state index contributed by atoms with van der Waals surface area (Å²) in [5, 5.41) is 23.5.